The van der Waals surface area contributed by atoms with Crippen LogP contribution in [0.15, 0.2) is 18.2 Å². The molecule has 0 bridgehead atoms. The van der Waals surface area contributed by atoms with Gasteiger partial charge in [-0.05, 0) is 12.1 Å². The van der Waals surface area contributed by atoms with Crippen LogP contribution in [0.5, 0.6) is 11.5 Å². The molecule has 0 saturated heterocycles. The highest BCUT2D eigenvalue weighted by molar-refractivity contribution is 5.96. The topological polar surface area (TPSA) is 88.0 Å². The largest absolute Gasteiger partial charge is 0.508 e. The Morgan fingerprint density at radius 2 is 2.06 bits per heavy atom. The molecule has 6 heteroatoms. The lowest BCUT2D eigenvalue weighted by Gasteiger charge is -2.07. The molecule has 1 rings (SSSR count). The molecule has 0 unspecified atom stereocenters. The molecule has 0 aliphatic carbocycles. The van der Waals surface area contributed by atoms with Gasteiger partial charge in [-0.3, -0.25) is 4.79 Å². The number of methoxy groups -OCH3 is 1. The van der Waals surface area contributed by atoms with E-state index in [0.29, 0.717) is 26.4 Å². The molecule has 1 amide bonds. The van der Waals surface area contributed by atoms with Crippen LogP contribution in [0.25, 0.3) is 0 Å². The summed E-state index contributed by atoms with van der Waals surface area (Å²) in [7, 11) is 1.58. The summed E-state index contributed by atoms with van der Waals surface area (Å²) in [6, 6.07) is 3.81. The first-order valence-electron chi connectivity index (χ1n) is 5.52. The van der Waals surface area contributed by atoms with Gasteiger partial charge in [0.05, 0.1) is 25.4 Å². The number of ether oxygens (including phenoxy) is 2. The lowest BCUT2D eigenvalue weighted by Crippen LogP contribution is -2.27. The molecule has 18 heavy (non-hydrogen) atoms. The first kappa shape index (κ1) is 14.3. The second-order valence-electron chi connectivity index (χ2n) is 3.56. The average Bonchev–Trinajstić information content (AvgIpc) is 2.33. The summed E-state index contributed by atoms with van der Waals surface area (Å²) in [6.07, 6.45) is 0. The van der Waals surface area contributed by atoms with E-state index in [1.165, 1.54) is 12.1 Å². The number of amides is 1. The van der Waals surface area contributed by atoms with Crippen LogP contribution in [0.4, 0.5) is 0 Å². The molecule has 0 aromatic heterocycles. The number of carbonyl (C=O) groups is 1. The zero-order valence-electron chi connectivity index (χ0n) is 10.2. The summed E-state index contributed by atoms with van der Waals surface area (Å²) in [5, 5.41) is 21.1. The number of nitrogens with one attached hydrogen (secondary N) is 1. The summed E-state index contributed by atoms with van der Waals surface area (Å²) in [5.41, 5.74) is 0.115. The number of aromatic hydroxyl groups is 2. The van der Waals surface area contributed by atoms with Crippen LogP contribution >= 0.6 is 0 Å². The Morgan fingerprint density at radius 3 is 2.72 bits per heavy atom. The fourth-order valence-electron chi connectivity index (χ4n) is 1.29. The van der Waals surface area contributed by atoms with Crippen molar-refractivity contribution in [3.05, 3.63) is 23.8 Å². The molecule has 0 atom stereocenters. The van der Waals surface area contributed by atoms with Crippen LogP contribution < -0.4 is 5.32 Å². The van der Waals surface area contributed by atoms with Crippen molar-refractivity contribution in [3.63, 3.8) is 0 Å². The number of benzene rings is 1. The molecular formula is C12H17NO5. The Balaban J connectivity index is 2.32. The van der Waals surface area contributed by atoms with Crippen molar-refractivity contribution in [1.82, 2.24) is 5.32 Å². The average molecular weight is 255 g/mol. The summed E-state index contributed by atoms with van der Waals surface area (Å²) < 4.78 is 9.96. The number of phenolic OH excluding ortho intramolecular Hbond substituents is 2. The van der Waals surface area contributed by atoms with E-state index in [0.717, 1.165) is 6.07 Å². The molecule has 0 radical (unpaired) electrons. The maximum absolute atomic E-state index is 11.6. The number of phenols is 2. The SMILES string of the molecule is COCCOCCNC(=O)c1ccc(O)cc1O. The van der Waals surface area contributed by atoms with Crippen LogP contribution in [-0.2, 0) is 9.47 Å². The zero-order chi connectivity index (χ0) is 13.4. The van der Waals surface area contributed by atoms with Crippen LogP contribution in [0, 0.1) is 0 Å². The van der Waals surface area contributed by atoms with Crippen LogP contribution in [0.1, 0.15) is 10.4 Å². The third-order valence-electron chi connectivity index (χ3n) is 2.19. The highest BCUT2D eigenvalue weighted by atomic mass is 16.5. The van der Waals surface area contributed by atoms with Crippen molar-refractivity contribution in [2.75, 3.05) is 33.5 Å². The van der Waals surface area contributed by atoms with Crippen molar-refractivity contribution in [2.24, 2.45) is 0 Å². The van der Waals surface area contributed by atoms with Gasteiger partial charge in [-0.15, -0.1) is 0 Å². The molecule has 0 spiro atoms. The van der Waals surface area contributed by atoms with Gasteiger partial charge in [0, 0.05) is 19.7 Å². The van der Waals surface area contributed by atoms with E-state index in [-0.39, 0.29) is 17.1 Å². The maximum atomic E-state index is 11.6. The standard InChI is InChI=1S/C12H17NO5/c1-17-6-7-18-5-4-13-12(16)10-3-2-9(14)8-11(10)15/h2-3,8,14-15H,4-7H2,1H3,(H,13,16). The van der Waals surface area contributed by atoms with E-state index in [1.54, 1.807) is 7.11 Å². The Morgan fingerprint density at radius 1 is 1.28 bits per heavy atom. The predicted molar refractivity (Wildman–Crippen MR) is 64.8 cm³/mol. The van der Waals surface area contributed by atoms with Crippen molar-refractivity contribution in [2.45, 2.75) is 0 Å². The fourth-order valence-corrected chi connectivity index (χ4v) is 1.29. The predicted octanol–water partition coefficient (Wildman–Crippen LogP) is 0.491. The smallest absolute Gasteiger partial charge is 0.255 e. The van der Waals surface area contributed by atoms with Gasteiger partial charge < -0.3 is 25.0 Å². The molecule has 1 aromatic carbocycles. The van der Waals surface area contributed by atoms with E-state index >= 15 is 0 Å². The third-order valence-corrected chi connectivity index (χ3v) is 2.19. The van der Waals surface area contributed by atoms with E-state index in [2.05, 4.69) is 5.32 Å². The molecule has 1 aromatic rings. The summed E-state index contributed by atoms with van der Waals surface area (Å²) in [5.74, 6) is -0.761. The minimum absolute atomic E-state index is 0.0908. The van der Waals surface area contributed by atoms with Crippen LogP contribution in [0.3, 0.4) is 0 Å². The monoisotopic (exact) mass is 255 g/mol. The molecule has 0 aliphatic rings. The van der Waals surface area contributed by atoms with E-state index in [4.69, 9.17) is 14.6 Å². The van der Waals surface area contributed by atoms with Gasteiger partial charge in [-0.2, -0.15) is 0 Å². The van der Waals surface area contributed by atoms with Gasteiger partial charge in [0.25, 0.3) is 5.91 Å². The van der Waals surface area contributed by atoms with Gasteiger partial charge in [0.15, 0.2) is 0 Å². The van der Waals surface area contributed by atoms with Gasteiger partial charge >= 0.3 is 0 Å². The zero-order valence-corrected chi connectivity index (χ0v) is 10.2. The Hall–Kier alpha value is -1.79. The Bertz CT molecular complexity index is 394. The molecule has 6 nitrogen and oxygen atoms in total. The normalized spacial score (nSPS) is 10.3. The fraction of sp³-hybridized carbons (Fsp3) is 0.417. The lowest BCUT2D eigenvalue weighted by atomic mass is 10.2. The van der Waals surface area contributed by atoms with Crippen LogP contribution in [0.2, 0.25) is 0 Å². The van der Waals surface area contributed by atoms with E-state index in [1.807, 2.05) is 0 Å². The molecule has 0 heterocycles. The minimum atomic E-state index is -0.414. The van der Waals surface area contributed by atoms with Crippen molar-refractivity contribution in [3.8, 4) is 11.5 Å². The molecule has 0 fully saturated rings. The third kappa shape index (κ3) is 4.60. The van der Waals surface area contributed by atoms with E-state index < -0.39 is 5.91 Å². The molecular weight excluding hydrogens is 238 g/mol. The summed E-state index contributed by atoms with van der Waals surface area (Å²) in [4.78, 5) is 11.6. The lowest BCUT2D eigenvalue weighted by molar-refractivity contribution is 0.0692. The quantitative estimate of drug-likeness (QED) is 0.617. The van der Waals surface area contributed by atoms with Crippen molar-refractivity contribution < 1.29 is 24.5 Å². The first-order valence-corrected chi connectivity index (χ1v) is 5.52. The molecule has 0 saturated carbocycles. The van der Waals surface area contributed by atoms with Gasteiger partial charge in [-0.25, -0.2) is 0 Å². The van der Waals surface area contributed by atoms with Gasteiger partial charge in [0.1, 0.15) is 11.5 Å². The number of rotatable bonds is 7. The second-order valence-corrected chi connectivity index (χ2v) is 3.56. The van der Waals surface area contributed by atoms with E-state index in [9.17, 15) is 9.90 Å². The van der Waals surface area contributed by atoms with Gasteiger partial charge in [-0.1, -0.05) is 0 Å². The Labute approximate surface area is 105 Å². The Kier molecular flexibility index (Phi) is 5.96. The number of hydrogen-bond donors (Lipinski definition) is 3. The molecule has 3 N–H and O–H groups in total. The maximum Gasteiger partial charge on any atom is 0.255 e. The first-order chi connectivity index (χ1) is 8.65. The van der Waals surface area contributed by atoms with Crippen LogP contribution in [-0.4, -0.2) is 49.6 Å². The van der Waals surface area contributed by atoms with Crippen molar-refractivity contribution in [1.29, 1.82) is 0 Å². The molecule has 0 aliphatic heterocycles. The van der Waals surface area contributed by atoms with Crippen molar-refractivity contribution >= 4 is 5.91 Å². The second kappa shape index (κ2) is 7.52. The molecule has 100 valence electrons. The minimum Gasteiger partial charge on any atom is -0.508 e. The number of carbonyl (C=O) groups excluding carboxylic acids is 1. The van der Waals surface area contributed by atoms with Gasteiger partial charge in [0.2, 0.25) is 0 Å². The number of hydrogen-bond acceptors (Lipinski definition) is 5. The highest BCUT2D eigenvalue weighted by Gasteiger charge is 2.10. The highest BCUT2D eigenvalue weighted by Crippen LogP contribution is 2.22. The summed E-state index contributed by atoms with van der Waals surface area (Å²) >= 11 is 0. The summed E-state index contributed by atoms with van der Waals surface area (Å²) in [6.45, 7) is 1.68.